The van der Waals surface area contributed by atoms with E-state index in [1.54, 1.807) is 25.2 Å². The molecule has 0 unspecified atom stereocenters. The topological polar surface area (TPSA) is 72.6 Å². The van der Waals surface area contributed by atoms with Crippen molar-refractivity contribution in [3.05, 3.63) is 29.3 Å². The first kappa shape index (κ1) is 14.0. The fourth-order valence-corrected chi connectivity index (χ4v) is 1.26. The van der Waals surface area contributed by atoms with Gasteiger partial charge in [-0.15, -0.1) is 0 Å². The van der Waals surface area contributed by atoms with E-state index in [0.717, 1.165) is 5.56 Å². The Morgan fingerprint density at radius 2 is 2.06 bits per heavy atom. The Balaban J connectivity index is 2.60. The van der Waals surface area contributed by atoms with E-state index in [9.17, 15) is 9.59 Å². The number of carbonyl (C=O) groups is 2. The largest absolute Gasteiger partial charge is 0.452 e. The molecule has 2 N–H and O–H groups in total. The third-order valence-corrected chi connectivity index (χ3v) is 2.74. The summed E-state index contributed by atoms with van der Waals surface area (Å²) in [6, 6.07) is 4.92. The smallest absolute Gasteiger partial charge is 0.338 e. The minimum absolute atomic E-state index is 0.231. The molecule has 0 bridgehead atoms. The average Bonchev–Trinajstić information content (AvgIpc) is 2.37. The Bertz CT molecular complexity index is 458. The third kappa shape index (κ3) is 3.48. The zero-order valence-electron chi connectivity index (χ0n) is 10.9. The van der Waals surface area contributed by atoms with Crippen molar-refractivity contribution in [3.8, 4) is 0 Å². The molecule has 0 aromatic heterocycles. The van der Waals surface area contributed by atoms with Crippen LogP contribution in [0.4, 0.5) is 5.69 Å². The summed E-state index contributed by atoms with van der Waals surface area (Å²) in [4.78, 5) is 24.6. The van der Waals surface area contributed by atoms with Crippen LogP contribution in [0.2, 0.25) is 0 Å². The number of nitrogens with zero attached hydrogens (tertiary/aromatic N) is 1. The van der Waals surface area contributed by atoms with Gasteiger partial charge < -0.3 is 15.4 Å². The lowest BCUT2D eigenvalue weighted by Crippen LogP contribution is -2.30. The van der Waals surface area contributed by atoms with Crippen LogP contribution in [0.1, 0.15) is 22.8 Å². The molecule has 0 aliphatic heterocycles. The van der Waals surface area contributed by atoms with Crippen molar-refractivity contribution in [1.29, 1.82) is 0 Å². The monoisotopic (exact) mass is 250 g/mol. The number of nitrogen functional groups attached to an aromatic ring is 1. The number of benzene rings is 1. The molecular weight excluding hydrogens is 232 g/mol. The predicted octanol–water partition coefficient (Wildman–Crippen LogP) is 1.21. The molecule has 0 saturated carbocycles. The predicted molar refractivity (Wildman–Crippen MR) is 69.2 cm³/mol. The van der Waals surface area contributed by atoms with Crippen molar-refractivity contribution in [2.45, 2.75) is 13.8 Å². The van der Waals surface area contributed by atoms with Crippen molar-refractivity contribution in [2.24, 2.45) is 0 Å². The maximum absolute atomic E-state index is 11.7. The number of hydrogen-bond donors (Lipinski definition) is 1. The zero-order valence-corrected chi connectivity index (χ0v) is 10.9. The lowest BCUT2D eigenvalue weighted by atomic mass is 10.1. The molecule has 0 saturated heterocycles. The number of rotatable bonds is 4. The van der Waals surface area contributed by atoms with Gasteiger partial charge in [0.05, 0.1) is 5.56 Å². The lowest BCUT2D eigenvalue weighted by molar-refractivity contribution is -0.133. The van der Waals surface area contributed by atoms with Crippen molar-refractivity contribution in [2.75, 3.05) is 25.9 Å². The highest BCUT2D eigenvalue weighted by molar-refractivity contribution is 5.92. The molecule has 18 heavy (non-hydrogen) atoms. The summed E-state index contributed by atoms with van der Waals surface area (Å²) in [6.07, 6.45) is 0. The number of nitrogens with two attached hydrogens (primary N) is 1. The maximum Gasteiger partial charge on any atom is 0.338 e. The molecular formula is C13H18N2O3. The molecule has 1 aromatic carbocycles. The van der Waals surface area contributed by atoms with E-state index >= 15 is 0 Å². The Morgan fingerprint density at radius 1 is 1.39 bits per heavy atom. The van der Waals surface area contributed by atoms with Crippen molar-refractivity contribution in [3.63, 3.8) is 0 Å². The van der Waals surface area contributed by atoms with Crippen LogP contribution < -0.4 is 5.73 Å². The van der Waals surface area contributed by atoms with Crippen LogP contribution in [0.5, 0.6) is 0 Å². The second-order valence-corrected chi connectivity index (χ2v) is 4.06. The van der Waals surface area contributed by atoms with E-state index in [1.165, 1.54) is 4.90 Å². The molecule has 98 valence electrons. The fraction of sp³-hybridized carbons (Fsp3) is 0.385. The Kier molecular flexibility index (Phi) is 4.71. The quantitative estimate of drug-likeness (QED) is 0.644. The summed E-state index contributed by atoms with van der Waals surface area (Å²) in [5, 5.41) is 0. The minimum Gasteiger partial charge on any atom is -0.452 e. The second kappa shape index (κ2) is 6.05. The highest BCUT2D eigenvalue weighted by Crippen LogP contribution is 2.13. The SMILES string of the molecule is CCN(C)C(=O)COC(=O)c1ccc(C)c(N)c1. The first-order chi connectivity index (χ1) is 8.45. The van der Waals surface area contributed by atoms with Crippen LogP contribution in [-0.2, 0) is 9.53 Å². The van der Waals surface area contributed by atoms with Gasteiger partial charge in [0, 0.05) is 19.3 Å². The van der Waals surface area contributed by atoms with Gasteiger partial charge in [0.25, 0.3) is 5.91 Å². The molecule has 5 nitrogen and oxygen atoms in total. The average molecular weight is 250 g/mol. The van der Waals surface area contributed by atoms with E-state index < -0.39 is 5.97 Å². The summed E-state index contributed by atoms with van der Waals surface area (Å²) < 4.78 is 4.92. The van der Waals surface area contributed by atoms with Crippen molar-refractivity contribution < 1.29 is 14.3 Å². The molecule has 0 fully saturated rings. The van der Waals surface area contributed by atoms with Gasteiger partial charge in [-0.2, -0.15) is 0 Å². The molecule has 0 aliphatic rings. The van der Waals surface area contributed by atoms with Crippen LogP contribution in [0.15, 0.2) is 18.2 Å². The first-order valence-electron chi connectivity index (χ1n) is 5.73. The molecule has 0 aliphatic carbocycles. The summed E-state index contributed by atoms with van der Waals surface area (Å²) >= 11 is 0. The Hall–Kier alpha value is -2.04. The van der Waals surface area contributed by atoms with E-state index in [-0.39, 0.29) is 12.5 Å². The molecule has 0 spiro atoms. The number of hydrogen-bond acceptors (Lipinski definition) is 4. The van der Waals surface area contributed by atoms with Crippen LogP contribution in [0.3, 0.4) is 0 Å². The number of ether oxygens (including phenoxy) is 1. The van der Waals surface area contributed by atoms with E-state index in [4.69, 9.17) is 10.5 Å². The summed E-state index contributed by atoms with van der Waals surface area (Å²) in [7, 11) is 1.65. The van der Waals surface area contributed by atoms with Gasteiger partial charge in [-0.05, 0) is 31.5 Å². The molecule has 0 atom stereocenters. The standard InChI is InChI=1S/C13H18N2O3/c1-4-15(3)12(16)8-18-13(17)10-6-5-9(2)11(14)7-10/h5-7H,4,8,14H2,1-3H3. The molecule has 1 amide bonds. The van der Waals surface area contributed by atoms with Crippen molar-refractivity contribution in [1.82, 2.24) is 4.90 Å². The van der Waals surface area contributed by atoms with Gasteiger partial charge in [-0.25, -0.2) is 4.79 Å². The van der Waals surface area contributed by atoms with Gasteiger partial charge >= 0.3 is 5.97 Å². The van der Waals surface area contributed by atoms with Gasteiger partial charge in [0.1, 0.15) is 0 Å². The van der Waals surface area contributed by atoms with Crippen LogP contribution in [-0.4, -0.2) is 37.0 Å². The van der Waals surface area contributed by atoms with Crippen LogP contribution in [0.25, 0.3) is 0 Å². The number of anilines is 1. The van der Waals surface area contributed by atoms with Gasteiger partial charge in [-0.3, -0.25) is 4.79 Å². The fourth-order valence-electron chi connectivity index (χ4n) is 1.26. The normalized spacial score (nSPS) is 9.94. The number of amides is 1. The first-order valence-corrected chi connectivity index (χ1v) is 5.73. The highest BCUT2D eigenvalue weighted by Gasteiger charge is 2.12. The number of esters is 1. The van der Waals surface area contributed by atoms with E-state index in [2.05, 4.69) is 0 Å². The Morgan fingerprint density at radius 3 is 2.61 bits per heavy atom. The minimum atomic E-state index is -0.542. The zero-order chi connectivity index (χ0) is 13.7. The summed E-state index contributed by atoms with van der Waals surface area (Å²) in [5.74, 6) is -0.773. The second-order valence-electron chi connectivity index (χ2n) is 4.06. The van der Waals surface area contributed by atoms with Gasteiger partial charge in [0.2, 0.25) is 0 Å². The van der Waals surface area contributed by atoms with Crippen LogP contribution >= 0.6 is 0 Å². The van der Waals surface area contributed by atoms with Gasteiger partial charge in [0.15, 0.2) is 6.61 Å². The Labute approximate surface area is 107 Å². The molecule has 0 heterocycles. The highest BCUT2D eigenvalue weighted by atomic mass is 16.5. The molecule has 1 rings (SSSR count). The lowest BCUT2D eigenvalue weighted by Gasteiger charge is -2.14. The van der Waals surface area contributed by atoms with Crippen LogP contribution in [0, 0.1) is 6.92 Å². The number of carbonyl (C=O) groups excluding carboxylic acids is 2. The molecule has 5 heteroatoms. The summed E-state index contributed by atoms with van der Waals surface area (Å²) in [6.45, 7) is 4.02. The number of aryl methyl sites for hydroxylation is 1. The van der Waals surface area contributed by atoms with Crippen molar-refractivity contribution >= 4 is 17.6 Å². The van der Waals surface area contributed by atoms with Gasteiger partial charge in [-0.1, -0.05) is 6.07 Å². The maximum atomic E-state index is 11.7. The number of likely N-dealkylation sites (N-methyl/N-ethyl adjacent to an activating group) is 1. The summed E-state index contributed by atoms with van der Waals surface area (Å²) in [5.41, 5.74) is 7.48. The van der Waals surface area contributed by atoms with E-state index in [1.807, 2.05) is 13.8 Å². The van der Waals surface area contributed by atoms with E-state index in [0.29, 0.717) is 17.8 Å². The molecule has 1 aromatic rings. The molecule has 0 radical (unpaired) electrons. The third-order valence-electron chi connectivity index (χ3n) is 2.74.